The molecule has 5 nitrogen and oxygen atoms in total. The average Bonchev–Trinajstić information content (AvgIpc) is 2.28. The molecule has 0 fully saturated rings. The van der Waals surface area contributed by atoms with E-state index < -0.39 is 0 Å². The van der Waals surface area contributed by atoms with Crippen LogP contribution in [0.1, 0.15) is 25.3 Å². The summed E-state index contributed by atoms with van der Waals surface area (Å²) in [5.41, 5.74) is 6.66. The third-order valence-corrected chi connectivity index (χ3v) is 2.62. The summed E-state index contributed by atoms with van der Waals surface area (Å²) >= 11 is 0. The third-order valence-electron chi connectivity index (χ3n) is 2.62. The minimum absolute atomic E-state index is 0.0502. The van der Waals surface area contributed by atoms with Crippen molar-refractivity contribution in [3.05, 3.63) is 33.9 Å². The molecule has 1 aromatic carbocycles. The first kappa shape index (κ1) is 13.4. The maximum absolute atomic E-state index is 10.9. The van der Waals surface area contributed by atoms with Crippen molar-refractivity contribution >= 4 is 5.69 Å². The smallest absolute Gasteiger partial charge is 0.272 e. The lowest BCUT2D eigenvalue weighted by Gasteiger charge is -2.11. The topological polar surface area (TPSA) is 78.4 Å². The summed E-state index contributed by atoms with van der Waals surface area (Å²) in [4.78, 5) is 10.5. The van der Waals surface area contributed by atoms with Crippen molar-refractivity contribution in [3.63, 3.8) is 0 Å². The normalized spacial score (nSPS) is 12.2. The van der Waals surface area contributed by atoms with Crippen molar-refractivity contribution in [2.45, 2.75) is 32.2 Å². The van der Waals surface area contributed by atoms with Gasteiger partial charge in [0.15, 0.2) is 0 Å². The Labute approximate surface area is 101 Å². The molecule has 0 aromatic heterocycles. The summed E-state index contributed by atoms with van der Waals surface area (Å²) in [5, 5.41) is 10.9. The first-order valence-electron chi connectivity index (χ1n) is 5.65. The number of hydrogen-bond acceptors (Lipinski definition) is 4. The number of nitrogens with zero attached hydrogens (tertiary/aromatic N) is 1. The van der Waals surface area contributed by atoms with E-state index >= 15 is 0 Å². The summed E-state index contributed by atoms with van der Waals surface area (Å²) in [6.45, 7) is 2.04. The van der Waals surface area contributed by atoms with Gasteiger partial charge in [-0.15, -0.1) is 0 Å². The Morgan fingerprint density at radius 2 is 2.24 bits per heavy atom. The number of methoxy groups -OCH3 is 1. The Kier molecular flexibility index (Phi) is 4.90. The van der Waals surface area contributed by atoms with Crippen LogP contribution in [0.5, 0.6) is 5.75 Å². The van der Waals surface area contributed by atoms with Gasteiger partial charge in [0.25, 0.3) is 5.69 Å². The van der Waals surface area contributed by atoms with Gasteiger partial charge in [0.1, 0.15) is 5.75 Å². The van der Waals surface area contributed by atoms with Crippen LogP contribution >= 0.6 is 0 Å². The van der Waals surface area contributed by atoms with Crippen molar-refractivity contribution in [1.29, 1.82) is 0 Å². The number of nitro groups is 1. The number of hydrogen-bond donors (Lipinski definition) is 1. The molecule has 2 N–H and O–H groups in total. The van der Waals surface area contributed by atoms with Crippen LogP contribution in [0.2, 0.25) is 0 Å². The first-order chi connectivity index (χ1) is 8.08. The van der Waals surface area contributed by atoms with Gasteiger partial charge in [-0.05, 0) is 25.0 Å². The first-order valence-corrected chi connectivity index (χ1v) is 5.65. The Bertz CT molecular complexity index is 393. The van der Waals surface area contributed by atoms with E-state index in [1.807, 2.05) is 6.92 Å². The molecule has 1 atom stereocenters. The van der Waals surface area contributed by atoms with Crippen LogP contribution in [-0.4, -0.2) is 18.1 Å². The van der Waals surface area contributed by atoms with Crippen molar-refractivity contribution in [1.82, 2.24) is 0 Å². The number of ether oxygens (including phenoxy) is 1. The summed E-state index contributed by atoms with van der Waals surface area (Å²) in [6, 6.07) is 4.69. The number of nitrogens with two attached hydrogens (primary N) is 1. The predicted molar refractivity (Wildman–Crippen MR) is 66.2 cm³/mol. The van der Waals surface area contributed by atoms with Gasteiger partial charge in [-0.25, -0.2) is 0 Å². The van der Waals surface area contributed by atoms with Gasteiger partial charge in [-0.3, -0.25) is 10.1 Å². The summed E-state index contributed by atoms with van der Waals surface area (Å²) in [6.07, 6.45) is 2.33. The Balaban J connectivity index is 2.96. The fourth-order valence-corrected chi connectivity index (χ4v) is 1.79. The van der Waals surface area contributed by atoms with E-state index in [9.17, 15) is 10.1 Å². The molecule has 0 radical (unpaired) electrons. The van der Waals surface area contributed by atoms with Crippen molar-refractivity contribution < 1.29 is 9.66 Å². The molecule has 0 aliphatic carbocycles. The zero-order chi connectivity index (χ0) is 12.8. The van der Waals surface area contributed by atoms with Crippen LogP contribution in [0.4, 0.5) is 5.69 Å². The molecule has 0 spiro atoms. The van der Waals surface area contributed by atoms with Gasteiger partial charge < -0.3 is 10.5 Å². The van der Waals surface area contributed by atoms with E-state index in [0.29, 0.717) is 17.7 Å². The zero-order valence-corrected chi connectivity index (χ0v) is 10.2. The van der Waals surface area contributed by atoms with Gasteiger partial charge >= 0.3 is 0 Å². The molecular formula is C12H18N2O3. The Morgan fingerprint density at radius 1 is 1.53 bits per heavy atom. The molecule has 0 saturated heterocycles. The molecule has 0 aliphatic rings. The molecule has 0 amide bonds. The minimum Gasteiger partial charge on any atom is -0.497 e. The quantitative estimate of drug-likeness (QED) is 0.609. The molecular weight excluding hydrogens is 220 g/mol. The Hall–Kier alpha value is -1.62. The highest BCUT2D eigenvalue weighted by Gasteiger charge is 2.16. The second-order valence-electron chi connectivity index (χ2n) is 4.00. The lowest BCUT2D eigenvalue weighted by Crippen LogP contribution is -2.22. The molecule has 0 bridgehead atoms. The average molecular weight is 238 g/mol. The molecule has 0 saturated carbocycles. The van der Waals surface area contributed by atoms with Crippen LogP contribution in [0.15, 0.2) is 18.2 Å². The van der Waals surface area contributed by atoms with Gasteiger partial charge in [0.05, 0.1) is 12.0 Å². The monoisotopic (exact) mass is 238 g/mol. The van der Waals surface area contributed by atoms with E-state index in [0.717, 1.165) is 12.8 Å². The summed E-state index contributed by atoms with van der Waals surface area (Å²) < 4.78 is 5.07. The molecule has 0 aliphatic heterocycles. The van der Waals surface area contributed by atoms with Crippen molar-refractivity contribution in [2.24, 2.45) is 5.73 Å². The van der Waals surface area contributed by atoms with Crippen LogP contribution in [0, 0.1) is 10.1 Å². The highest BCUT2D eigenvalue weighted by Crippen LogP contribution is 2.25. The largest absolute Gasteiger partial charge is 0.497 e. The van der Waals surface area contributed by atoms with Crippen LogP contribution < -0.4 is 10.5 Å². The third kappa shape index (κ3) is 3.71. The second kappa shape index (κ2) is 6.20. The molecule has 17 heavy (non-hydrogen) atoms. The van der Waals surface area contributed by atoms with Gasteiger partial charge in [-0.2, -0.15) is 0 Å². The highest BCUT2D eigenvalue weighted by molar-refractivity contribution is 5.45. The molecule has 1 rings (SSSR count). The number of rotatable bonds is 6. The van der Waals surface area contributed by atoms with Gasteiger partial charge in [0.2, 0.25) is 0 Å². The summed E-state index contributed by atoms with van der Waals surface area (Å²) in [5.74, 6) is 0.620. The fourth-order valence-electron chi connectivity index (χ4n) is 1.79. The van der Waals surface area contributed by atoms with Crippen LogP contribution in [0.25, 0.3) is 0 Å². The maximum atomic E-state index is 10.9. The number of nitro benzene ring substituents is 1. The second-order valence-corrected chi connectivity index (χ2v) is 4.00. The van der Waals surface area contributed by atoms with Crippen molar-refractivity contribution in [2.75, 3.05) is 7.11 Å². The standard InChI is InChI=1S/C12H18N2O3/c1-3-4-10(13)7-9-8-11(17-2)5-6-12(9)14(15)16/h5-6,8,10H,3-4,7,13H2,1-2H3. The molecule has 5 heteroatoms. The fraction of sp³-hybridized carbons (Fsp3) is 0.500. The predicted octanol–water partition coefficient (Wildman–Crippen LogP) is 2.27. The maximum Gasteiger partial charge on any atom is 0.272 e. The molecule has 1 aromatic rings. The number of benzene rings is 1. The van der Waals surface area contributed by atoms with E-state index in [-0.39, 0.29) is 16.7 Å². The van der Waals surface area contributed by atoms with Gasteiger partial charge in [0, 0.05) is 17.7 Å². The zero-order valence-electron chi connectivity index (χ0n) is 10.2. The van der Waals surface area contributed by atoms with Crippen LogP contribution in [0.3, 0.4) is 0 Å². The van der Waals surface area contributed by atoms with E-state index in [2.05, 4.69) is 0 Å². The highest BCUT2D eigenvalue weighted by atomic mass is 16.6. The van der Waals surface area contributed by atoms with E-state index in [4.69, 9.17) is 10.5 Å². The molecule has 0 heterocycles. The minimum atomic E-state index is -0.382. The van der Waals surface area contributed by atoms with E-state index in [1.165, 1.54) is 13.2 Å². The van der Waals surface area contributed by atoms with E-state index in [1.54, 1.807) is 12.1 Å². The lowest BCUT2D eigenvalue weighted by atomic mass is 10.0. The lowest BCUT2D eigenvalue weighted by molar-refractivity contribution is -0.385. The molecule has 94 valence electrons. The molecule has 1 unspecified atom stereocenters. The van der Waals surface area contributed by atoms with Gasteiger partial charge in [-0.1, -0.05) is 13.3 Å². The SMILES string of the molecule is CCCC(N)Cc1cc(OC)ccc1[N+](=O)[O-]. The van der Waals surface area contributed by atoms with Crippen molar-refractivity contribution in [3.8, 4) is 5.75 Å². The summed E-state index contributed by atoms with van der Waals surface area (Å²) in [7, 11) is 1.54. The Morgan fingerprint density at radius 3 is 2.76 bits per heavy atom. The van der Waals surface area contributed by atoms with Crippen LogP contribution in [-0.2, 0) is 6.42 Å².